The average Bonchev–Trinajstić information content (AvgIpc) is 2.40. The molecule has 0 radical (unpaired) electrons. The predicted molar refractivity (Wildman–Crippen MR) is 81.3 cm³/mol. The summed E-state index contributed by atoms with van der Waals surface area (Å²) < 4.78 is 11.0. The zero-order valence-electron chi connectivity index (χ0n) is 13.2. The fourth-order valence-corrected chi connectivity index (χ4v) is 1.77. The molecule has 1 rings (SSSR count). The van der Waals surface area contributed by atoms with Gasteiger partial charge in [-0.1, -0.05) is 6.92 Å². The van der Waals surface area contributed by atoms with Crippen LogP contribution >= 0.6 is 0 Å². The molecule has 0 aromatic heterocycles. The second-order valence-corrected chi connectivity index (χ2v) is 5.39. The van der Waals surface area contributed by atoms with Crippen LogP contribution in [0, 0.1) is 6.92 Å². The average molecular weight is 279 g/mol. The van der Waals surface area contributed by atoms with E-state index in [-0.39, 0.29) is 12.0 Å². The first-order chi connectivity index (χ1) is 9.32. The lowest BCUT2D eigenvalue weighted by atomic mass is 10.0. The van der Waals surface area contributed by atoms with Crippen LogP contribution in [0.5, 0.6) is 5.75 Å². The van der Waals surface area contributed by atoms with Crippen molar-refractivity contribution in [1.29, 1.82) is 0 Å². The van der Waals surface area contributed by atoms with Crippen molar-refractivity contribution in [1.82, 2.24) is 0 Å². The Labute approximate surface area is 121 Å². The van der Waals surface area contributed by atoms with Crippen molar-refractivity contribution in [2.75, 3.05) is 12.4 Å². The van der Waals surface area contributed by atoms with Gasteiger partial charge in [-0.15, -0.1) is 0 Å². The van der Waals surface area contributed by atoms with Crippen molar-refractivity contribution in [2.45, 2.75) is 52.7 Å². The second-order valence-electron chi connectivity index (χ2n) is 5.39. The molecule has 1 N–H and O–H groups in total. The summed E-state index contributed by atoms with van der Waals surface area (Å²) in [6.07, 6.45) is 0.745. The minimum Gasteiger partial charge on any atom is -0.491 e. The Morgan fingerprint density at radius 3 is 2.50 bits per heavy atom. The summed E-state index contributed by atoms with van der Waals surface area (Å²) in [6.45, 7) is 9.64. The summed E-state index contributed by atoms with van der Waals surface area (Å²) >= 11 is 0. The Kier molecular flexibility index (Phi) is 5.57. The van der Waals surface area contributed by atoms with Gasteiger partial charge in [0.25, 0.3) is 5.91 Å². The zero-order chi connectivity index (χ0) is 15.3. The molecular weight excluding hydrogens is 254 g/mol. The summed E-state index contributed by atoms with van der Waals surface area (Å²) in [5, 5.41) is 2.89. The standard InChI is InChI=1S/C16H25NO3/c1-7-16(5,19-6)15(18)17-13-8-9-14(12(4)10-13)20-11(2)3/h8-11H,7H2,1-6H3,(H,17,18). The van der Waals surface area contributed by atoms with Crippen molar-refractivity contribution >= 4 is 11.6 Å². The van der Waals surface area contributed by atoms with Crippen LogP contribution in [-0.2, 0) is 9.53 Å². The Morgan fingerprint density at radius 2 is 2.05 bits per heavy atom. The number of rotatable bonds is 6. The van der Waals surface area contributed by atoms with E-state index in [2.05, 4.69) is 5.32 Å². The predicted octanol–water partition coefficient (Wildman–Crippen LogP) is 3.54. The van der Waals surface area contributed by atoms with Crippen LogP contribution < -0.4 is 10.1 Å². The molecule has 0 aliphatic rings. The second kappa shape index (κ2) is 6.75. The number of aryl methyl sites for hydroxylation is 1. The number of methoxy groups -OCH3 is 1. The SMILES string of the molecule is CCC(C)(OC)C(=O)Nc1ccc(OC(C)C)c(C)c1. The first-order valence-electron chi connectivity index (χ1n) is 6.96. The smallest absolute Gasteiger partial charge is 0.256 e. The van der Waals surface area contributed by atoms with Crippen molar-refractivity contribution in [3.05, 3.63) is 23.8 Å². The van der Waals surface area contributed by atoms with Crippen molar-refractivity contribution < 1.29 is 14.3 Å². The number of ether oxygens (including phenoxy) is 2. The van der Waals surface area contributed by atoms with Gasteiger partial charge in [-0.25, -0.2) is 0 Å². The van der Waals surface area contributed by atoms with E-state index in [1.54, 1.807) is 14.0 Å². The topological polar surface area (TPSA) is 47.6 Å². The third-order valence-corrected chi connectivity index (χ3v) is 3.40. The lowest BCUT2D eigenvalue weighted by Crippen LogP contribution is -2.41. The lowest BCUT2D eigenvalue weighted by molar-refractivity contribution is -0.136. The number of nitrogens with one attached hydrogen (secondary N) is 1. The van der Waals surface area contributed by atoms with Crippen LogP contribution in [0.2, 0.25) is 0 Å². The van der Waals surface area contributed by atoms with Crippen LogP contribution in [0.15, 0.2) is 18.2 Å². The molecule has 1 amide bonds. The summed E-state index contributed by atoms with van der Waals surface area (Å²) in [6, 6.07) is 5.62. The molecule has 0 saturated carbocycles. The van der Waals surface area contributed by atoms with E-state index in [1.165, 1.54) is 0 Å². The van der Waals surface area contributed by atoms with Gasteiger partial charge in [0.1, 0.15) is 11.4 Å². The largest absolute Gasteiger partial charge is 0.491 e. The molecule has 112 valence electrons. The summed E-state index contributed by atoms with van der Waals surface area (Å²) in [5.41, 5.74) is 0.938. The molecule has 1 atom stereocenters. The Balaban J connectivity index is 2.84. The highest BCUT2D eigenvalue weighted by atomic mass is 16.5. The van der Waals surface area contributed by atoms with E-state index in [1.807, 2.05) is 45.9 Å². The van der Waals surface area contributed by atoms with Crippen molar-refractivity contribution in [3.8, 4) is 5.75 Å². The van der Waals surface area contributed by atoms with Crippen molar-refractivity contribution in [3.63, 3.8) is 0 Å². The monoisotopic (exact) mass is 279 g/mol. The molecule has 0 aliphatic carbocycles. The van der Waals surface area contributed by atoms with E-state index >= 15 is 0 Å². The van der Waals surface area contributed by atoms with Crippen LogP contribution in [-0.4, -0.2) is 24.7 Å². The fraction of sp³-hybridized carbons (Fsp3) is 0.562. The fourth-order valence-electron chi connectivity index (χ4n) is 1.77. The molecule has 0 spiro atoms. The van der Waals surface area contributed by atoms with Gasteiger partial charge in [0, 0.05) is 12.8 Å². The Morgan fingerprint density at radius 1 is 1.40 bits per heavy atom. The third kappa shape index (κ3) is 3.97. The normalized spacial score (nSPS) is 13.9. The molecule has 1 aromatic carbocycles. The van der Waals surface area contributed by atoms with Gasteiger partial charge >= 0.3 is 0 Å². The number of carbonyl (C=O) groups excluding carboxylic acids is 1. The molecule has 1 aromatic rings. The number of anilines is 1. The van der Waals surface area contributed by atoms with Crippen molar-refractivity contribution in [2.24, 2.45) is 0 Å². The first kappa shape index (κ1) is 16.5. The number of hydrogen-bond acceptors (Lipinski definition) is 3. The molecule has 0 fully saturated rings. The molecule has 4 heteroatoms. The van der Waals surface area contributed by atoms with E-state index in [0.29, 0.717) is 6.42 Å². The molecular formula is C16H25NO3. The third-order valence-electron chi connectivity index (χ3n) is 3.40. The van der Waals surface area contributed by atoms with Gasteiger partial charge in [0.15, 0.2) is 0 Å². The van der Waals surface area contributed by atoms with Gasteiger partial charge in [-0.05, 0) is 57.9 Å². The summed E-state index contributed by atoms with van der Waals surface area (Å²) in [7, 11) is 1.55. The molecule has 4 nitrogen and oxygen atoms in total. The summed E-state index contributed by atoms with van der Waals surface area (Å²) in [5.74, 6) is 0.697. The number of amides is 1. The van der Waals surface area contributed by atoms with Crippen LogP contribution in [0.3, 0.4) is 0 Å². The molecule has 0 bridgehead atoms. The van der Waals surface area contributed by atoms with E-state index < -0.39 is 5.60 Å². The minimum atomic E-state index is -0.805. The van der Waals surface area contributed by atoms with Crippen LogP contribution in [0.1, 0.15) is 39.7 Å². The Bertz CT molecular complexity index is 465. The van der Waals surface area contributed by atoms with E-state index in [4.69, 9.17) is 9.47 Å². The van der Waals surface area contributed by atoms with E-state index in [0.717, 1.165) is 17.0 Å². The lowest BCUT2D eigenvalue weighted by Gasteiger charge is -2.25. The molecule has 1 unspecified atom stereocenters. The van der Waals surface area contributed by atoms with E-state index in [9.17, 15) is 4.79 Å². The number of carbonyl (C=O) groups is 1. The molecule has 0 saturated heterocycles. The number of hydrogen-bond donors (Lipinski definition) is 1. The van der Waals surface area contributed by atoms with Gasteiger partial charge in [0.05, 0.1) is 6.10 Å². The highest BCUT2D eigenvalue weighted by molar-refractivity contribution is 5.97. The summed E-state index contributed by atoms with van der Waals surface area (Å²) in [4.78, 5) is 12.2. The Hall–Kier alpha value is -1.55. The quantitative estimate of drug-likeness (QED) is 0.866. The minimum absolute atomic E-state index is 0.131. The molecule has 0 heterocycles. The maximum Gasteiger partial charge on any atom is 0.256 e. The number of benzene rings is 1. The van der Waals surface area contributed by atoms with Gasteiger partial charge < -0.3 is 14.8 Å². The molecule has 20 heavy (non-hydrogen) atoms. The van der Waals surface area contributed by atoms with Gasteiger partial charge in [0.2, 0.25) is 0 Å². The van der Waals surface area contributed by atoms with Gasteiger partial charge in [-0.2, -0.15) is 0 Å². The van der Waals surface area contributed by atoms with Gasteiger partial charge in [-0.3, -0.25) is 4.79 Å². The van der Waals surface area contributed by atoms with Crippen LogP contribution in [0.25, 0.3) is 0 Å². The highest BCUT2D eigenvalue weighted by Gasteiger charge is 2.30. The highest BCUT2D eigenvalue weighted by Crippen LogP contribution is 2.24. The maximum atomic E-state index is 12.2. The first-order valence-corrected chi connectivity index (χ1v) is 6.96. The van der Waals surface area contributed by atoms with Crippen LogP contribution in [0.4, 0.5) is 5.69 Å². The maximum absolute atomic E-state index is 12.2. The zero-order valence-corrected chi connectivity index (χ0v) is 13.2. The molecule has 0 aliphatic heterocycles.